The van der Waals surface area contributed by atoms with Crippen molar-refractivity contribution < 1.29 is 14.3 Å². The predicted octanol–water partition coefficient (Wildman–Crippen LogP) is 1.46. The molecule has 1 spiro atoms. The Hall–Kier alpha value is -1.95. The second-order valence-electron chi connectivity index (χ2n) is 7.62. The van der Waals surface area contributed by atoms with E-state index in [0.717, 1.165) is 31.4 Å². The van der Waals surface area contributed by atoms with Gasteiger partial charge in [0, 0.05) is 45.2 Å². The molecule has 1 aromatic heterocycles. The zero-order chi connectivity index (χ0) is 17.4. The van der Waals surface area contributed by atoms with Crippen LogP contribution in [0.3, 0.4) is 0 Å². The molecule has 0 aliphatic carbocycles. The molecule has 0 aromatic carbocycles. The number of amides is 2. The van der Waals surface area contributed by atoms with E-state index in [-0.39, 0.29) is 23.8 Å². The molecule has 1 aromatic rings. The van der Waals surface area contributed by atoms with Crippen LogP contribution in [0.25, 0.3) is 0 Å². The van der Waals surface area contributed by atoms with E-state index in [1.807, 2.05) is 28.1 Å². The first-order valence-corrected chi connectivity index (χ1v) is 9.19. The van der Waals surface area contributed by atoms with Crippen molar-refractivity contribution in [3.8, 4) is 0 Å². The highest BCUT2D eigenvalue weighted by molar-refractivity contribution is 5.88. The standard InChI is InChI=1S/C19H25N3O3/c1-14-11-22(17(23)16-5-3-9-25-16)13-19(14)6-8-21(18(19)24)12-15-4-2-7-20-10-15/h2,4,7,10,14,16H,3,5-6,8-9,11-13H2,1H3/t14-,16-,19-/m1/s1. The summed E-state index contributed by atoms with van der Waals surface area (Å²) in [4.78, 5) is 33.8. The van der Waals surface area contributed by atoms with Crippen molar-refractivity contribution in [3.63, 3.8) is 0 Å². The minimum absolute atomic E-state index is 0.0692. The molecule has 0 unspecified atom stereocenters. The second kappa shape index (κ2) is 6.41. The third-order valence-corrected chi connectivity index (χ3v) is 6.06. The van der Waals surface area contributed by atoms with Gasteiger partial charge < -0.3 is 14.5 Å². The molecule has 6 nitrogen and oxygen atoms in total. The van der Waals surface area contributed by atoms with Gasteiger partial charge in [-0.15, -0.1) is 0 Å². The normalized spacial score (nSPS) is 32.1. The van der Waals surface area contributed by atoms with Crippen molar-refractivity contribution >= 4 is 11.8 Å². The van der Waals surface area contributed by atoms with Crippen LogP contribution in [0.4, 0.5) is 0 Å². The Morgan fingerprint density at radius 1 is 1.48 bits per heavy atom. The van der Waals surface area contributed by atoms with E-state index in [0.29, 0.717) is 26.2 Å². The number of likely N-dealkylation sites (tertiary alicyclic amines) is 2. The maximum absolute atomic E-state index is 13.2. The molecule has 25 heavy (non-hydrogen) atoms. The molecule has 3 aliphatic heterocycles. The van der Waals surface area contributed by atoms with Gasteiger partial charge in [-0.1, -0.05) is 13.0 Å². The lowest BCUT2D eigenvalue weighted by atomic mass is 9.78. The topological polar surface area (TPSA) is 62.7 Å². The smallest absolute Gasteiger partial charge is 0.251 e. The summed E-state index contributed by atoms with van der Waals surface area (Å²) in [6.45, 7) is 5.32. The molecule has 4 rings (SSSR count). The molecule has 0 radical (unpaired) electrons. The lowest BCUT2D eigenvalue weighted by molar-refractivity contribution is -0.141. The van der Waals surface area contributed by atoms with Gasteiger partial charge in [-0.3, -0.25) is 14.6 Å². The van der Waals surface area contributed by atoms with Crippen LogP contribution < -0.4 is 0 Å². The fraction of sp³-hybridized carbons (Fsp3) is 0.632. The van der Waals surface area contributed by atoms with Gasteiger partial charge in [-0.2, -0.15) is 0 Å². The lowest BCUT2D eigenvalue weighted by Crippen LogP contribution is -2.42. The summed E-state index contributed by atoms with van der Waals surface area (Å²) in [5.74, 6) is 0.440. The largest absolute Gasteiger partial charge is 0.368 e. The van der Waals surface area contributed by atoms with Crippen LogP contribution in [-0.2, 0) is 20.9 Å². The Bertz CT molecular complexity index is 659. The summed E-state index contributed by atoms with van der Waals surface area (Å²) in [6, 6.07) is 3.89. The summed E-state index contributed by atoms with van der Waals surface area (Å²) in [7, 11) is 0. The van der Waals surface area contributed by atoms with Crippen LogP contribution in [0.1, 0.15) is 31.7 Å². The number of nitrogens with zero attached hydrogens (tertiary/aromatic N) is 3. The van der Waals surface area contributed by atoms with Gasteiger partial charge in [0.2, 0.25) is 5.91 Å². The molecule has 4 heterocycles. The van der Waals surface area contributed by atoms with E-state index >= 15 is 0 Å². The zero-order valence-electron chi connectivity index (χ0n) is 14.7. The molecule has 0 bridgehead atoms. The molecule has 2 amide bonds. The number of ether oxygens (including phenoxy) is 1. The fourth-order valence-corrected chi connectivity index (χ4v) is 4.53. The highest BCUT2D eigenvalue weighted by Crippen LogP contribution is 2.45. The number of aromatic nitrogens is 1. The SMILES string of the molecule is C[C@@H]1CN(C(=O)[C@H]2CCCO2)C[C@]12CCN(Cc1cccnc1)C2=O. The van der Waals surface area contributed by atoms with Crippen LogP contribution in [0.15, 0.2) is 24.5 Å². The van der Waals surface area contributed by atoms with Crippen molar-refractivity contribution in [1.29, 1.82) is 0 Å². The summed E-state index contributed by atoms with van der Waals surface area (Å²) >= 11 is 0. The molecule has 3 aliphatic rings. The van der Waals surface area contributed by atoms with E-state index in [1.165, 1.54) is 0 Å². The first-order chi connectivity index (χ1) is 12.1. The van der Waals surface area contributed by atoms with Crippen LogP contribution in [0, 0.1) is 11.3 Å². The Morgan fingerprint density at radius 2 is 2.36 bits per heavy atom. The highest BCUT2D eigenvalue weighted by atomic mass is 16.5. The van der Waals surface area contributed by atoms with Gasteiger partial charge in [-0.05, 0) is 36.8 Å². The van der Waals surface area contributed by atoms with Gasteiger partial charge >= 0.3 is 0 Å². The van der Waals surface area contributed by atoms with E-state index < -0.39 is 5.41 Å². The maximum Gasteiger partial charge on any atom is 0.251 e. The number of carbonyl (C=O) groups is 2. The minimum atomic E-state index is -0.420. The van der Waals surface area contributed by atoms with Crippen molar-refractivity contribution in [2.24, 2.45) is 11.3 Å². The summed E-state index contributed by atoms with van der Waals surface area (Å²) < 4.78 is 5.55. The zero-order valence-corrected chi connectivity index (χ0v) is 14.7. The molecule has 3 fully saturated rings. The number of carbonyl (C=O) groups excluding carboxylic acids is 2. The number of hydrogen-bond donors (Lipinski definition) is 0. The summed E-state index contributed by atoms with van der Waals surface area (Å²) in [5.41, 5.74) is 0.627. The van der Waals surface area contributed by atoms with Crippen molar-refractivity contribution in [1.82, 2.24) is 14.8 Å². The fourth-order valence-electron chi connectivity index (χ4n) is 4.53. The predicted molar refractivity (Wildman–Crippen MR) is 91.4 cm³/mol. The van der Waals surface area contributed by atoms with Crippen LogP contribution in [-0.4, -0.2) is 58.9 Å². The van der Waals surface area contributed by atoms with Crippen molar-refractivity contribution in [2.45, 2.75) is 38.8 Å². The summed E-state index contributed by atoms with van der Waals surface area (Å²) in [5, 5.41) is 0. The maximum atomic E-state index is 13.2. The third kappa shape index (κ3) is 2.82. The molecular weight excluding hydrogens is 318 g/mol. The molecule has 0 saturated carbocycles. The summed E-state index contributed by atoms with van der Waals surface area (Å²) in [6.07, 6.45) is 5.82. The number of hydrogen-bond acceptors (Lipinski definition) is 4. The van der Waals surface area contributed by atoms with E-state index in [4.69, 9.17) is 4.74 Å². The van der Waals surface area contributed by atoms with Gasteiger partial charge in [0.25, 0.3) is 5.91 Å². The van der Waals surface area contributed by atoms with Crippen molar-refractivity contribution in [2.75, 3.05) is 26.2 Å². The van der Waals surface area contributed by atoms with E-state index in [1.54, 1.807) is 6.20 Å². The van der Waals surface area contributed by atoms with Gasteiger partial charge in [-0.25, -0.2) is 0 Å². The van der Waals surface area contributed by atoms with Crippen molar-refractivity contribution in [3.05, 3.63) is 30.1 Å². The van der Waals surface area contributed by atoms with Crippen LogP contribution in [0.2, 0.25) is 0 Å². The Balaban J connectivity index is 1.46. The molecule has 0 N–H and O–H groups in total. The number of rotatable bonds is 3. The lowest BCUT2D eigenvalue weighted by Gasteiger charge is -2.27. The average molecular weight is 343 g/mol. The first kappa shape index (κ1) is 16.5. The Kier molecular flexibility index (Phi) is 4.23. The molecule has 3 atom stereocenters. The molecule has 3 saturated heterocycles. The average Bonchev–Trinajstić information content (AvgIpc) is 3.33. The monoisotopic (exact) mass is 343 g/mol. The Morgan fingerprint density at radius 3 is 3.08 bits per heavy atom. The Labute approximate surface area is 148 Å². The van der Waals surface area contributed by atoms with Crippen LogP contribution in [0.5, 0.6) is 0 Å². The third-order valence-electron chi connectivity index (χ3n) is 6.06. The van der Waals surface area contributed by atoms with E-state index in [9.17, 15) is 9.59 Å². The first-order valence-electron chi connectivity index (χ1n) is 9.19. The van der Waals surface area contributed by atoms with E-state index in [2.05, 4.69) is 11.9 Å². The van der Waals surface area contributed by atoms with Gasteiger partial charge in [0.15, 0.2) is 0 Å². The molecular formula is C19H25N3O3. The van der Waals surface area contributed by atoms with Gasteiger partial charge in [0.05, 0.1) is 5.41 Å². The minimum Gasteiger partial charge on any atom is -0.368 e. The molecule has 6 heteroatoms. The highest BCUT2D eigenvalue weighted by Gasteiger charge is 2.56. The van der Waals surface area contributed by atoms with Crippen LogP contribution >= 0.6 is 0 Å². The second-order valence-corrected chi connectivity index (χ2v) is 7.62. The quantitative estimate of drug-likeness (QED) is 0.833. The molecule has 134 valence electrons. The number of pyridine rings is 1. The van der Waals surface area contributed by atoms with Gasteiger partial charge in [0.1, 0.15) is 6.10 Å².